The van der Waals surface area contributed by atoms with E-state index >= 15 is 0 Å². The van der Waals surface area contributed by atoms with Crippen molar-refractivity contribution in [3.63, 3.8) is 0 Å². The summed E-state index contributed by atoms with van der Waals surface area (Å²) in [4.78, 5) is 16.2. The van der Waals surface area contributed by atoms with Gasteiger partial charge in [0.1, 0.15) is 11.3 Å². The van der Waals surface area contributed by atoms with Gasteiger partial charge in [0.25, 0.3) is 0 Å². The van der Waals surface area contributed by atoms with Gasteiger partial charge >= 0.3 is 5.97 Å². The molecule has 5 heteroatoms. The van der Waals surface area contributed by atoms with Gasteiger partial charge in [-0.3, -0.25) is 4.98 Å². The Labute approximate surface area is 160 Å². The highest BCUT2D eigenvalue weighted by atomic mass is 16.5. The minimum atomic E-state index is -1.04. The number of rotatable bonds is 4. The van der Waals surface area contributed by atoms with Crippen LogP contribution in [0, 0.1) is 11.3 Å². The van der Waals surface area contributed by atoms with Gasteiger partial charge in [-0.15, -0.1) is 0 Å². The van der Waals surface area contributed by atoms with E-state index in [-0.39, 0.29) is 17.4 Å². The largest absolute Gasteiger partial charge is 0.490 e. The zero-order chi connectivity index (χ0) is 19.8. The van der Waals surface area contributed by atoms with Crippen LogP contribution in [0.3, 0.4) is 0 Å². The van der Waals surface area contributed by atoms with Gasteiger partial charge in [-0.2, -0.15) is 0 Å². The van der Waals surface area contributed by atoms with E-state index in [4.69, 9.17) is 10.5 Å². The lowest BCUT2D eigenvalue weighted by Gasteiger charge is -2.37. The number of hydrogen-bond acceptors (Lipinski definition) is 4. The average Bonchev–Trinajstić information content (AvgIpc) is 2.60. The highest BCUT2D eigenvalue weighted by Crippen LogP contribution is 2.40. The van der Waals surface area contributed by atoms with E-state index in [1.807, 2.05) is 25.1 Å². The Balaban J connectivity index is 1.92. The van der Waals surface area contributed by atoms with Crippen LogP contribution in [0.2, 0.25) is 0 Å². The number of benzene rings is 1. The molecule has 3 rings (SSSR count). The van der Waals surface area contributed by atoms with Gasteiger partial charge in [-0.05, 0) is 55.6 Å². The summed E-state index contributed by atoms with van der Waals surface area (Å²) in [5, 5.41) is 10.2. The van der Waals surface area contributed by atoms with Crippen LogP contribution < -0.4 is 10.5 Å². The number of hydrogen-bond donors (Lipinski definition) is 2. The van der Waals surface area contributed by atoms with Crippen molar-refractivity contribution in [2.75, 3.05) is 5.73 Å². The molecule has 1 saturated carbocycles. The van der Waals surface area contributed by atoms with Crippen LogP contribution in [0.15, 0.2) is 18.2 Å². The topological polar surface area (TPSA) is 85.4 Å². The van der Waals surface area contributed by atoms with Gasteiger partial charge in [-0.1, -0.05) is 33.8 Å². The number of aryl methyl sites for hydroxylation is 1. The van der Waals surface area contributed by atoms with Gasteiger partial charge in [0.05, 0.1) is 28.4 Å². The number of nitrogens with two attached hydrogens (primary N) is 1. The van der Waals surface area contributed by atoms with E-state index in [0.717, 1.165) is 25.7 Å². The second kappa shape index (κ2) is 7.37. The summed E-state index contributed by atoms with van der Waals surface area (Å²) in [6.45, 7) is 8.78. The van der Waals surface area contributed by atoms with E-state index < -0.39 is 5.97 Å². The summed E-state index contributed by atoms with van der Waals surface area (Å²) >= 11 is 0. The van der Waals surface area contributed by atoms with Crippen molar-refractivity contribution in [3.8, 4) is 5.75 Å². The molecule has 0 spiro atoms. The van der Waals surface area contributed by atoms with Crippen LogP contribution in [0.4, 0.5) is 5.69 Å². The summed E-state index contributed by atoms with van der Waals surface area (Å²) in [5.41, 5.74) is 8.15. The summed E-state index contributed by atoms with van der Waals surface area (Å²) in [5.74, 6) is 0.309. The van der Waals surface area contributed by atoms with Crippen LogP contribution in [0.1, 0.15) is 69.4 Å². The van der Waals surface area contributed by atoms with Crippen LogP contribution in [-0.2, 0) is 6.42 Å². The average molecular weight is 370 g/mol. The fourth-order valence-corrected chi connectivity index (χ4v) is 4.18. The molecule has 1 fully saturated rings. The van der Waals surface area contributed by atoms with Crippen molar-refractivity contribution in [2.24, 2.45) is 11.3 Å². The normalized spacial score (nSPS) is 20.6. The number of carboxylic acid groups (broad SMARTS) is 1. The van der Waals surface area contributed by atoms with Gasteiger partial charge in [0.2, 0.25) is 0 Å². The molecule has 2 aromatic rings. The molecule has 146 valence electrons. The molecule has 1 aliphatic carbocycles. The molecular weight excluding hydrogens is 340 g/mol. The molecule has 1 aromatic carbocycles. The Morgan fingerprint density at radius 2 is 1.93 bits per heavy atom. The third-order valence-corrected chi connectivity index (χ3v) is 5.83. The van der Waals surface area contributed by atoms with E-state index in [0.29, 0.717) is 40.1 Å². The Morgan fingerprint density at radius 1 is 1.26 bits per heavy atom. The zero-order valence-electron chi connectivity index (χ0n) is 16.7. The lowest BCUT2D eigenvalue weighted by atomic mass is 9.72. The maximum Gasteiger partial charge on any atom is 0.339 e. The number of aromatic nitrogens is 1. The first-order chi connectivity index (χ1) is 12.7. The lowest BCUT2D eigenvalue weighted by Crippen LogP contribution is -2.30. The molecule has 0 radical (unpaired) electrons. The standard InChI is InChI=1S/C22H30N2O3/c1-5-15-19(21(25)26)20(23)18-16(24-15)7-6-8-17(18)27-14-11-9-13(10-12-14)22(2,3)4/h6-8,13-14H,5,9-12H2,1-4H3,(H2,23,24)(H,25,26). The van der Waals surface area contributed by atoms with Crippen molar-refractivity contribution < 1.29 is 14.6 Å². The third-order valence-electron chi connectivity index (χ3n) is 5.83. The number of fused-ring (bicyclic) bond motifs is 1. The minimum absolute atomic E-state index is 0.0949. The minimum Gasteiger partial charge on any atom is -0.490 e. The molecule has 0 bridgehead atoms. The molecule has 1 heterocycles. The Bertz CT molecular complexity index is 847. The maximum absolute atomic E-state index is 11.7. The lowest BCUT2D eigenvalue weighted by molar-refractivity contribution is 0.0696. The van der Waals surface area contributed by atoms with E-state index in [1.54, 1.807) is 0 Å². The highest BCUT2D eigenvalue weighted by molar-refractivity contribution is 6.06. The molecule has 1 aliphatic rings. The van der Waals surface area contributed by atoms with Crippen molar-refractivity contribution in [3.05, 3.63) is 29.5 Å². The van der Waals surface area contributed by atoms with E-state index in [2.05, 4.69) is 25.8 Å². The van der Waals surface area contributed by atoms with Crippen molar-refractivity contribution in [1.82, 2.24) is 4.98 Å². The molecular formula is C22H30N2O3. The third kappa shape index (κ3) is 3.87. The maximum atomic E-state index is 11.7. The smallest absolute Gasteiger partial charge is 0.339 e. The monoisotopic (exact) mass is 370 g/mol. The Kier molecular flexibility index (Phi) is 5.31. The summed E-state index contributed by atoms with van der Waals surface area (Å²) in [6.07, 6.45) is 4.95. The van der Waals surface area contributed by atoms with Crippen LogP contribution >= 0.6 is 0 Å². The second-order valence-electron chi connectivity index (χ2n) is 8.61. The SMILES string of the molecule is CCc1nc2cccc(OC3CCC(C(C)(C)C)CC3)c2c(N)c1C(=O)O. The van der Waals surface area contributed by atoms with Crippen LogP contribution in [-0.4, -0.2) is 22.2 Å². The first-order valence-electron chi connectivity index (χ1n) is 9.83. The molecule has 0 saturated heterocycles. The number of nitrogens with zero attached hydrogens (tertiary/aromatic N) is 1. The van der Waals surface area contributed by atoms with Gasteiger partial charge < -0.3 is 15.6 Å². The fraction of sp³-hybridized carbons (Fsp3) is 0.545. The predicted molar refractivity (Wildman–Crippen MR) is 108 cm³/mol. The van der Waals surface area contributed by atoms with E-state index in [9.17, 15) is 9.90 Å². The number of carboxylic acids is 1. The summed E-state index contributed by atoms with van der Waals surface area (Å²) < 4.78 is 6.31. The number of pyridine rings is 1. The molecule has 0 atom stereocenters. The van der Waals surface area contributed by atoms with E-state index in [1.165, 1.54) is 0 Å². The molecule has 0 aliphatic heterocycles. The number of anilines is 1. The van der Waals surface area contributed by atoms with Crippen molar-refractivity contribution in [2.45, 2.75) is 65.9 Å². The van der Waals surface area contributed by atoms with Gasteiger partial charge in [0.15, 0.2) is 0 Å². The van der Waals surface area contributed by atoms with Crippen molar-refractivity contribution >= 4 is 22.6 Å². The number of carbonyl (C=O) groups is 1. The zero-order valence-corrected chi connectivity index (χ0v) is 16.7. The quantitative estimate of drug-likeness (QED) is 0.785. The molecule has 27 heavy (non-hydrogen) atoms. The van der Waals surface area contributed by atoms with Crippen LogP contribution in [0.5, 0.6) is 5.75 Å². The molecule has 0 unspecified atom stereocenters. The Hall–Kier alpha value is -2.30. The number of aromatic carboxylic acids is 1. The first-order valence-corrected chi connectivity index (χ1v) is 9.83. The number of nitrogen functional groups attached to an aromatic ring is 1. The van der Waals surface area contributed by atoms with Crippen molar-refractivity contribution in [1.29, 1.82) is 0 Å². The van der Waals surface area contributed by atoms with Gasteiger partial charge in [-0.25, -0.2) is 4.79 Å². The summed E-state index contributed by atoms with van der Waals surface area (Å²) in [7, 11) is 0. The molecule has 0 amide bonds. The Morgan fingerprint density at radius 3 is 2.48 bits per heavy atom. The summed E-state index contributed by atoms with van der Waals surface area (Å²) in [6, 6.07) is 5.62. The molecule has 1 aromatic heterocycles. The first kappa shape index (κ1) is 19.5. The fourth-order valence-electron chi connectivity index (χ4n) is 4.18. The van der Waals surface area contributed by atoms with Crippen LogP contribution in [0.25, 0.3) is 10.9 Å². The highest BCUT2D eigenvalue weighted by Gasteiger charge is 2.31. The second-order valence-corrected chi connectivity index (χ2v) is 8.61. The molecule has 5 nitrogen and oxygen atoms in total. The van der Waals surface area contributed by atoms with Gasteiger partial charge in [0, 0.05) is 0 Å². The molecule has 3 N–H and O–H groups in total. The predicted octanol–water partition coefficient (Wildman–Crippen LogP) is 5.06. The number of ether oxygens (including phenoxy) is 1.